The average Bonchev–Trinajstić information content (AvgIpc) is 2.30. The van der Waals surface area contributed by atoms with E-state index in [1.165, 1.54) is 0 Å². The molecule has 16 heavy (non-hydrogen) atoms. The Hall–Kier alpha value is -1.09. The van der Waals surface area contributed by atoms with Crippen molar-refractivity contribution in [2.24, 2.45) is 0 Å². The van der Waals surface area contributed by atoms with Crippen LogP contribution in [0.1, 0.15) is 31.2 Å². The Morgan fingerprint density at radius 2 is 2.12 bits per heavy atom. The lowest BCUT2D eigenvalue weighted by Crippen LogP contribution is -2.09. The first-order chi connectivity index (χ1) is 7.77. The quantitative estimate of drug-likeness (QED) is 0.719. The van der Waals surface area contributed by atoms with Crippen molar-refractivity contribution in [3.05, 3.63) is 23.5 Å². The van der Waals surface area contributed by atoms with Crippen molar-refractivity contribution < 1.29 is 4.74 Å². The third kappa shape index (κ3) is 4.19. The third-order valence-corrected chi connectivity index (χ3v) is 2.49. The molecule has 90 valence electrons. The molecule has 0 atom stereocenters. The molecule has 0 spiro atoms. The summed E-state index contributed by atoms with van der Waals surface area (Å²) in [6.07, 6.45) is 3.16. The second-order valence-corrected chi connectivity index (χ2v) is 3.91. The summed E-state index contributed by atoms with van der Waals surface area (Å²) in [6, 6.07) is 4.03. The highest BCUT2D eigenvalue weighted by Gasteiger charge is 2.03. The van der Waals surface area contributed by atoms with Crippen LogP contribution in [0.5, 0.6) is 5.75 Å². The molecule has 0 aromatic carbocycles. The van der Waals surface area contributed by atoms with Crippen LogP contribution in [0.4, 0.5) is 0 Å². The lowest BCUT2D eigenvalue weighted by molar-refractivity contribution is 0.302. The van der Waals surface area contributed by atoms with Crippen molar-refractivity contribution in [3.63, 3.8) is 0 Å². The Bertz CT molecular complexity index is 313. The van der Waals surface area contributed by atoms with Gasteiger partial charge >= 0.3 is 0 Å². The molecule has 3 heteroatoms. The molecule has 3 nitrogen and oxygen atoms in total. The van der Waals surface area contributed by atoms with Gasteiger partial charge < -0.3 is 10.1 Å². The summed E-state index contributed by atoms with van der Waals surface area (Å²) in [4.78, 5) is 4.47. The van der Waals surface area contributed by atoms with Gasteiger partial charge in [-0.25, -0.2) is 0 Å². The molecule has 0 bridgehead atoms. The molecule has 0 aliphatic rings. The van der Waals surface area contributed by atoms with Crippen LogP contribution < -0.4 is 10.1 Å². The highest BCUT2D eigenvalue weighted by molar-refractivity contribution is 5.29. The van der Waals surface area contributed by atoms with Gasteiger partial charge in [-0.2, -0.15) is 0 Å². The van der Waals surface area contributed by atoms with Gasteiger partial charge in [0.25, 0.3) is 0 Å². The number of aryl methyl sites for hydroxylation is 2. The molecular formula is C13H22N2O. The number of rotatable bonds is 7. The Balaban J connectivity index is 2.41. The fourth-order valence-corrected chi connectivity index (χ4v) is 1.57. The molecule has 1 aromatic heterocycles. The average molecular weight is 222 g/mol. The second kappa shape index (κ2) is 7.23. The number of aromatic nitrogens is 1. The van der Waals surface area contributed by atoms with Gasteiger partial charge in [0, 0.05) is 5.69 Å². The van der Waals surface area contributed by atoms with Crippen molar-refractivity contribution in [1.29, 1.82) is 0 Å². The molecular weight excluding hydrogens is 200 g/mol. The van der Waals surface area contributed by atoms with Crippen LogP contribution in [-0.2, 0) is 6.42 Å². The summed E-state index contributed by atoms with van der Waals surface area (Å²) in [5.41, 5.74) is 2.12. The molecule has 0 saturated carbocycles. The molecule has 0 saturated heterocycles. The minimum absolute atomic E-state index is 0.777. The molecule has 0 unspecified atom stereocenters. The molecule has 0 radical (unpaired) electrons. The predicted octanol–water partition coefficient (Wildman–Crippen LogP) is 2.33. The maximum atomic E-state index is 5.74. The van der Waals surface area contributed by atoms with Crippen molar-refractivity contribution in [3.8, 4) is 5.75 Å². The SMILES string of the molecule is CCc1nc(C)ccc1OCCCCNC. The van der Waals surface area contributed by atoms with E-state index >= 15 is 0 Å². The number of pyridine rings is 1. The minimum Gasteiger partial charge on any atom is -0.492 e. The molecule has 1 heterocycles. The first-order valence-electron chi connectivity index (χ1n) is 6.01. The van der Waals surface area contributed by atoms with Crippen LogP contribution in [0.2, 0.25) is 0 Å². The van der Waals surface area contributed by atoms with E-state index in [-0.39, 0.29) is 0 Å². The maximum Gasteiger partial charge on any atom is 0.140 e. The lowest BCUT2D eigenvalue weighted by atomic mass is 10.2. The monoisotopic (exact) mass is 222 g/mol. The number of hydrogen-bond acceptors (Lipinski definition) is 3. The summed E-state index contributed by atoms with van der Waals surface area (Å²) in [7, 11) is 1.97. The first kappa shape index (κ1) is 13.0. The zero-order valence-electron chi connectivity index (χ0n) is 10.5. The standard InChI is InChI=1S/C13H22N2O/c1-4-12-13(8-7-11(2)15-12)16-10-6-5-9-14-3/h7-8,14H,4-6,9-10H2,1-3H3. The van der Waals surface area contributed by atoms with E-state index in [1.54, 1.807) is 0 Å². The van der Waals surface area contributed by atoms with E-state index < -0.39 is 0 Å². The lowest BCUT2D eigenvalue weighted by Gasteiger charge is -2.10. The van der Waals surface area contributed by atoms with Gasteiger partial charge in [-0.3, -0.25) is 4.98 Å². The number of ether oxygens (including phenoxy) is 1. The van der Waals surface area contributed by atoms with Crippen LogP contribution in [0.15, 0.2) is 12.1 Å². The highest BCUT2D eigenvalue weighted by Crippen LogP contribution is 2.17. The molecule has 0 fully saturated rings. The topological polar surface area (TPSA) is 34.1 Å². The Morgan fingerprint density at radius 1 is 1.31 bits per heavy atom. The highest BCUT2D eigenvalue weighted by atomic mass is 16.5. The van der Waals surface area contributed by atoms with Crippen molar-refractivity contribution >= 4 is 0 Å². The van der Waals surface area contributed by atoms with Crippen LogP contribution in [-0.4, -0.2) is 25.2 Å². The third-order valence-electron chi connectivity index (χ3n) is 2.49. The number of nitrogens with one attached hydrogen (secondary N) is 1. The van der Waals surface area contributed by atoms with Gasteiger partial charge in [-0.15, -0.1) is 0 Å². The van der Waals surface area contributed by atoms with Gasteiger partial charge in [0.2, 0.25) is 0 Å². The van der Waals surface area contributed by atoms with E-state index in [1.807, 2.05) is 26.1 Å². The van der Waals surface area contributed by atoms with E-state index in [2.05, 4.69) is 17.2 Å². The van der Waals surface area contributed by atoms with Crippen LogP contribution >= 0.6 is 0 Å². The first-order valence-corrected chi connectivity index (χ1v) is 6.01. The fourth-order valence-electron chi connectivity index (χ4n) is 1.57. The van der Waals surface area contributed by atoms with E-state index in [4.69, 9.17) is 4.74 Å². The molecule has 1 N–H and O–H groups in total. The van der Waals surface area contributed by atoms with Gasteiger partial charge in [-0.05, 0) is 51.9 Å². The van der Waals surface area contributed by atoms with E-state index in [0.717, 1.165) is 49.6 Å². The van der Waals surface area contributed by atoms with Crippen molar-refractivity contribution in [2.45, 2.75) is 33.1 Å². The van der Waals surface area contributed by atoms with Crippen LogP contribution in [0, 0.1) is 6.92 Å². The van der Waals surface area contributed by atoms with E-state index in [0.29, 0.717) is 0 Å². The van der Waals surface area contributed by atoms with Crippen LogP contribution in [0.25, 0.3) is 0 Å². The fraction of sp³-hybridized carbons (Fsp3) is 0.615. The maximum absolute atomic E-state index is 5.74. The summed E-state index contributed by atoms with van der Waals surface area (Å²) < 4.78 is 5.74. The summed E-state index contributed by atoms with van der Waals surface area (Å²) >= 11 is 0. The Labute approximate surface area is 98.2 Å². The molecule has 0 amide bonds. The second-order valence-electron chi connectivity index (χ2n) is 3.91. The Kier molecular flexibility index (Phi) is 5.86. The molecule has 1 rings (SSSR count). The molecule has 0 aliphatic carbocycles. The van der Waals surface area contributed by atoms with Gasteiger partial charge in [0.1, 0.15) is 5.75 Å². The predicted molar refractivity (Wildman–Crippen MR) is 67.0 cm³/mol. The van der Waals surface area contributed by atoms with E-state index in [9.17, 15) is 0 Å². The van der Waals surface area contributed by atoms with Gasteiger partial charge in [0.15, 0.2) is 0 Å². The summed E-state index contributed by atoms with van der Waals surface area (Å²) in [6.45, 7) is 5.95. The Morgan fingerprint density at radius 3 is 2.81 bits per heavy atom. The molecule has 0 aliphatic heterocycles. The van der Waals surface area contributed by atoms with Gasteiger partial charge in [0.05, 0.1) is 12.3 Å². The number of unbranched alkanes of at least 4 members (excludes halogenated alkanes) is 1. The van der Waals surface area contributed by atoms with Crippen LogP contribution in [0.3, 0.4) is 0 Å². The normalized spacial score (nSPS) is 10.4. The number of nitrogens with zero attached hydrogens (tertiary/aromatic N) is 1. The summed E-state index contributed by atoms with van der Waals surface area (Å²) in [5.74, 6) is 0.942. The number of hydrogen-bond donors (Lipinski definition) is 1. The zero-order chi connectivity index (χ0) is 11.8. The summed E-state index contributed by atoms with van der Waals surface area (Å²) in [5, 5.41) is 3.13. The largest absolute Gasteiger partial charge is 0.492 e. The zero-order valence-corrected chi connectivity index (χ0v) is 10.5. The minimum atomic E-state index is 0.777. The van der Waals surface area contributed by atoms with Gasteiger partial charge in [-0.1, -0.05) is 6.92 Å². The van der Waals surface area contributed by atoms with Crippen molar-refractivity contribution in [2.75, 3.05) is 20.2 Å². The van der Waals surface area contributed by atoms with Crippen molar-refractivity contribution in [1.82, 2.24) is 10.3 Å². The smallest absolute Gasteiger partial charge is 0.140 e. The molecule has 1 aromatic rings.